The summed E-state index contributed by atoms with van der Waals surface area (Å²) in [4.78, 5) is 9.12. The molecule has 1 aliphatic rings. The molecule has 1 saturated heterocycles. The number of hydrogen-bond acceptors (Lipinski definition) is 5. The lowest BCUT2D eigenvalue weighted by atomic mass is 10.1. The van der Waals surface area contributed by atoms with Gasteiger partial charge in [-0.3, -0.25) is 9.88 Å². The lowest BCUT2D eigenvalue weighted by Gasteiger charge is -2.40. The molecule has 1 atom stereocenters. The molecule has 180 valence electrons. The predicted octanol–water partition coefficient (Wildman–Crippen LogP) is 3.99. The van der Waals surface area contributed by atoms with Gasteiger partial charge < -0.3 is 4.90 Å². The molecule has 0 bridgehead atoms. The molecule has 6 nitrogen and oxygen atoms in total. The van der Waals surface area contributed by atoms with Crippen LogP contribution in [0.3, 0.4) is 0 Å². The highest BCUT2D eigenvalue weighted by molar-refractivity contribution is 7.89. The molecule has 0 amide bonds. The summed E-state index contributed by atoms with van der Waals surface area (Å²) in [6.07, 6.45) is 3.52. The zero-order valence-electron chi connectivity index (χ0n) is 19.8. The van der Waals surface area contributed by atoms with Crippen molar-refractivity contribution in [1.82, 2.24) is 14.6 Å². The minimum atomic E-state index is -3.68. The summed E-state index contributed by atoms with van der Waals surface area (Å²) in [5, 5.41) is 0. The van der Waals surface area contributed by atoms with Gasteiger partial charge in [0, 0.05) is 50.8 Å². The van der Waals surface area contributed by atoms with E-state index in [2.05, 4.69) is 19.5 Å². The molecule has 1 fully saturated rings. The first-order valence-corrected chi connectivity index (χ1v) is 12.9. The second-order valence-electron chi connectivity index (χ2n) is 8.88. The topological polar surface area (TPSA) is 65.5 Å². The van der Waals surface area contributed by atoms with Gasteiger partial charge in [0.25, 0.3) is 0 Å². The summed E-state index contributed by atoms with van der Waals surface area (Å²) in [6.45, 7) is 8.92. The molecule has 0 aliphatic carbocycles. The fraction of sp³-hybridized carbons (Fsp3) is 0.346. The molecule has 2 aromatic carbocycles. The van der Waals surface area contributed by atoms with Crippen LogP contribution in [0, 0.1) is 26.6 Å². The number of nitrogens with one attached hydrogen (secondary N) is 1. The van der Waals surface area contributed by atoms with E-state index in [1.165, 1.54) is 12.1 Å². The number of aromatic nitrogens is 1. The van der Waals surface area contributed by atoms with Crippen molar-refractivity contribution < 1.29 is 12.8 Å². The summed E-state index contributed by atoms with van der Waals surface area (Å²) in [5.41, 5.74) is 4.50. The van der Waals surface area contributed by atoms with E-state index < -0.39 is 10.0 Å². The van der Waals surface area contributed by atoms with Crippen molar-refractivity contribution >= 4 is 15.7 Å². The van der Waals surface area contributed by atoms with Crippen molar-refractivity contribution in [3.05, 3.63) is 89.0 Å². The Kier molecular flexibility index (Phi) is 7.30. The van der Waals surface area contributed by atoms with Crippen LogP contribution in [-0.2, 0) is 10.0 Å². The first kappa shape index (κ1) is 24.3. The molecule has 34 heavy (non-hydrogen) atoms. The molecule has 3 aromatic rings. The van der Waals surface area contributed by atoms with Gasteiger partial charge in [-0.05, 0) is 67.8 Å². The third-order valence-electron chi connectivity index (χ3n) is 6.36. The zero-order chi connectivity index (χ0) is 24.3. The van der Waals surface area contributed by atoms with Crippen molar-refractivity contribution in [2.45, 2.75) is 31.7 Å². The van der Waals surface area contributed by atoms with Crippen molar-refractivity contribution in [3.63, 3.8) is 0 Å². The van der Waals surface area contributed by atoms with Gasteiger partial charge in [0.05, 0.1) is 10.9 Å². The zero-order valence-corrected chi connectivity index (χ0v) is 20.6. The molecular formula is C26H31FN4O2S. The van der Waals surface area contributed by atoms with E-state index in [4.69, 9.17) is 0 Å². The molecule has 1 unspecified atom stereocenters. The number of hydrogen-bond donors (Lipinski definition) is 1. The van der Waals surface area contributed by atoms with Crippen LogP contribution in [-0.4, -0.2) is 51.0 Å². The molecule has 1 aromatic heterocycles. The van der Waals surface area contributed by atoms with E-state index in [1.807, 2.05) is 45.0 Å². The van der Waals surface area contributed by atoms with E-state index in [0.717, 1.165) is 54.1 Å². The second kappa shape index (κ2) is 10.2. The maximum absolute atomic E-state index is 13.3. The first-order valence-electron chi connectivity index (χ1n) is 11.5. The smallest absolute Gasteiger partial charge is 0.241 e. The molecule has 0 spiro atoms. The second-order valence-corrected chi connectivity index (χ2v) is 10.6. The number of piperazine rings is 1. The lowest BCUT2D eigenvalue weighted by Crippen LogP contribution is -2.50. The van der Waals surface area contributed by atoms with E-state index in [0.29, 0.717) is 4.90 Å². The standard InChI is InChI=1S/C26H31FN4O2S/c1-19-15-20(2)26(21(3)16-19)34(32,33)29-18-25(22-5-4-10-28-17-22)31-13-11-30(12-14-31)24-8-6-23(27)7-9-24/h4-10,15-17,25,29H,11-14,18H2,1-3H3. The number of sulfonamides is 1. The third-order valence-corrected chi connectivity index (χ3v) is 8.08. The Bertz CT molecular complexity index is 1200. The van der Waals surface area contributed by atoms with Crippen LogP contribution >= 0.6 is 0 Å². The molecule has 0 saturated carbocycles. The first-order chi connectivity index (χ1) is 16.2. The van der Waals surface area contributed by atoms with Gasteiger partial charge in [0.2, 0.25) is 10.0 Å². The van der Waals surface area contributed by atoms with Crippen LogP contribution in [0.25, 0.3) is 0 Å². The number of benzene rings is 2. The van der Waals surface area contributed by atoms with Crippen molar-refractivity contribution in [1.29, 1.82) is 0 Å². The van der Waals surface area contributed by atoms with E-state index in [9.17, 15) is 12.8 Å². The fourth-order valence-electron chi connectivity index (χ4n) is 4.83. The Hall–Kier alpha value is -2.81. The van der Waals surface area contributed by atoms with Crippen LogP contribution in [0.5, 0.6) is 0 Å². The lowest BCUT2D eigenvalue weighted by molar-refractivity contribution is 0.186. The largest absolute Gasteiger partial charge is 0.369 e. The van der Waals surface area contributed by atoms with Gasteiger partial charge in [-0.1, -0.05) is 23.8 Å². The Morgan fingerprint density at radius 2 is 1.65 bits per heavy atom. The van der Waals surface area contributed by atoms with Crippen LogP contribution in [0.4, 0.5) is 10.1 Å². The maximum Gasteiger partial charge on any atom is 0.241 e. The Balaban J connectivity index is 1.51. The monoisotopic (exact) mass is 482 g/mol. The predicted molar refractivity (Wildman–Crippen MR) is 133 cm³/mol. The van der Waals surface area contributed by atoms with Gasteiger partial charge >= 0.3 is 0 Å². The van der Waals surface area contributed by atoms with E-state index >= 15 is 0 Å². The summed E-state index contributed by atoms with van der Waals surface area (Å²) < 4.78 is 42.7. The molecule has 4 rings (SSSR count). The Labute approximate surface area is 201 Å². The van der Waals surface area contributed by atoms with Crippen LogP contribution in [0.15, 0.2) is 65.8 Å². The number of anilines is 1. The van der Waals surface area contributed by atoms with Crippen LogP contribution in [0.1, 0.15) is 28.3 Å². The highest BCUT2D eigenvalue weighted by atomic mass is 32.2. The average molecular weight is 483 g/mol. The van der Waals surface area contributed by atoms with E-state index in [1.54, 1.807) is 24.5 Å². The minimum Gasteiger partial charge on any atom is -0.369 e. The van der Waals surface area contributed by atoms with Crippen LogP contribution < -0.4 is 9.62 Å². The summed E-state index contributed by atoms with van der Waals surface area (Å²) in [6, 6.07) is 14.1. The SMILES string of the molecule is Cc1cc(C)c(S(=O)(=O)NCC(c2cccnc2)N2CCN(c3ccc(F)cc3)CC2)c(C)c1. The molecule has 2 heterocycles. The Morgan fingerprint density at radius 1 is 1.00 bits per heavy atom. The number of pyridine rings is 1. The molecular weight excluding hydrogens is 451 g/mol. The van der Waals surface area contributed by atoms with Gasteiger partial charge in [0.15, 0.2) is 0 Å². The maximum atomic E-state index is 13.3. The van der Waals surface area contributed by atoms with Gasteiger partial charge in [-0.2, -0.15) is 0 Å². The third kappa shape index (κ3) is 5.46. The summed E-state index contributed by atoms with van der Waals surface area (Å²) in [5.74, 6) is -0.245. The van der Waals surface area contributed by atoms with Crippen molar-refractivity contribution in [3.8, 4) is 0 Å². The van der Waals surface area contributed by atoms with Gasteiger partial charge in [0.1, 0.15) is 5.82 Å². The van der Waals surface area contributed by atoms with Crippen molar-refractivity contribution in [2.24, 2.45) is 0 Å². The molecule has 0 radical (unpaired) electrons. The van der Waals surface area contributed by atoms with E-state index in [-0.39, 0.29) is 18.4 Å². The number of halogens is 1. The number of nitrogens with zero attached hydrogens (tertiary/aromatic N) is 3. The highest BCUT2D eigenvalue weighted by Gasteiger charge is 2.28. The number of aryl methyl sites for hydroxylation is 3. The fourth-order valence-corrected chi connectivity index (χ4v) is 6.31. The summed E-state index contributed by atoms with van der Waals surface area (Å²) in [7, 11) is -3.68. The molecule has 8 heteroatoms. The molecule has 1 N–H and O–H groups in total. The van der Waals surface area contributed by atoms with Gasteiger partial charge in [-0.25, -0.2) is 17.5 Å². The normalized spacial score (nSPS) is 15.9. The summed E-state index contributed by atoms with van der Waals surface area (Å²) >= 11 is 0. The highest BCUT2D eigenvalue weighted by Crippen LogP contribution is 2.26. The number of rotatable bonds is 7. The van der Waals surface area contributed by atoms with Crippen LogP contribution in [0.2, 0.25) is 0 Å². The average Bonchev–Trinajstić information content (AvgIpc) is 2.80. The van der Waals surface area contributed by atoms with Gasteiger partial charge in [-0.15, -0.1) is 0 Å². The van der Waals surface area contributed by atoms with Crippen molar-refractivity contribution in [2.75, 3.05) is 37.6 Å². The quantitative estimate of drug-likeness (QED) is 0.552. The molecule has 1 aliphatic heterocycles. The Morgan fingerprint density at radius 3 is 2.24 bits per heavy atom. The minimum absolute atomic E-state index is 0.148.